The zero-order valence-corrected chi connectivity index (χ0v) is 13.4. The van der Waals surface area contributed by atoms with Crippen LogP contribution in [0.15, 0.2) is 48.5 Å². The molecule has 0 saturated heterocycles. The topological polar surface area (TPSA) is 75.6 Å². The third-order valence-electron chi connectivity index (χ3n) is 2.92. The lowest BCUT2D eigenvalue weighted by Gasteiger charge is -2.09. The Labute approximate surface area is 144 Å². The van der Waals surface area contributed by atoms with Crippen molar-refractivity contribution in [3.8, 4) is 5.75 Å². The number of thioether (sulfide) groups is 1. The van der Waals surface area contributed by atoms with Gasteiger partial charge in [0.05, 0.1) is 11.3 Å². The van der Waals surface area contributed by atoms with E-state index in [4.69, 9.17) is 5.11 Å². The number of carbonyl (C=O) groups is 2. The van der Waals surface area contributed by atoms with Crippen LogP contribution in [0.3, 0.4) is 0 Å². The average molecular weight is 371 g/mol. The second-order valence-corrected chi connectivity index (χ2v) is 5.69. The van der Waals surface area contributed by atoms with Crippen molar-refractivity contribution >= 4 is 28.7 Å². The molecular weight excluding hydrogens is 359 g/mol. The van der Waals surface area contributed by atoms with Crippen molar-refractivity contribution in [1.29, 1.82) is 0 Å². The van der Waals surface area contributed by atoms with E-state index >= 15 is 0 Å². The highest BCUT2D eigenvalue weighted by Crippen LogP contribution is 2.24. The van der Waals surface area contributed by atoms with E-state index in [-0.39, 0.29) is 22.8 Å². The van der Waals surface area contributed by atoms with Crippen LogP contribution >= 0.6 is 11.8 Å². The maximum atomic E-state index is 12.1. The fourth-order valence-electron chi connectivity index (χ4n) is 1.86. The number of nitrogens with one attached hydrogen (secondary N) is 1. The zero-order valence-electron chi connectivity index (χ0n) is 12.5. The SMILES string of the molecule is O=C(Nc1ccccc1C(=O)O)SCc1ccc(OC(F)(F)F)cc1. The second kappa shape index (κ2) is 7.93. The number of aromatic carboxylic acids is 1. The molecule has 0 spiro atoms. The maximum absolute atomic E-state index is 12.1. The number of amides is 1. The van der Waals surface area contributed by atoms with Crippen LogP contribution in [0, 0.1) is 0 Å². The Kier molecular flexibility index (Phi) is 5.92. The third-order valence-corrected chi connectivity index (χ3v) is 3.76. The van der Waals surface area contributed by atoms with E-state index in [1.54, 1.807) is 6.07 Å². The van der Waals surface area contributed by atoms with E-state index in [0.29, 0.717) is 5.56 Å². The lowest BCUT2D eigenvalue weighted by atomic mass is 10.2. The molecule has 0 bridgehead atoms. The molecule has 0 aliphatic carbocycles. The van der Waals surface area contributed by atoms with E-state index < -0.39 is 17.6 Å². The molecule has 5 nitrogen and oxygen atoms in total. The van der Waals surface area contributed by atoms with Crippen molar-refractivity contribution in [3.63, 3.8) is 0 Å². The number of anilines is 1. The maximum Gasteiger partial charge on any atom is 0.573 e. The number of para-hydroxylation sites is 1. The van der Waals surface area contributed by atoms with Crippen molar-refractivity contribution in [3.05, 3.63) is 59.7 Å². The van der Waals surface area contributed by atoms with Gasteiger partial charge in [-0.1, -0.05) is 36.0 Å². The van der Waals surface area contributed by atoms with Gasteiger partial charge in [-0.25, -0.2) is 4.79 Å². The van der Waals surface area contributed by atoms with Crippen LogP contribution in [0.2, 0.25) is 0 Å². The van der Waals surface area contributed by atoms with Crippen LogP contribution in [0.5, 0.6) is 5.75 Å². The predicted molar refractivity (Wildman–Crippen MR) is 86.8 cm³/mol. The number of carboxylic acids is 1. The zero-order chi connectivity index (χ0) is 18.4. The van der Waals surface area contributed by atoms with Gasteiger partial charge in [0.25, 0.3) is 5.24 Å². The van der Waals surface area contributed by atoms with E-state index in [0.717, 1.165) is 23.9 Å². The molecule has 0 aromatic heterocycles. The monoisotopic (exact) mass is 371 g/mol. The molecule has 0 saturated carbocycles. The quantitative estimate of drug-likeness (QED) is 0.793. The highest BCUT2D eigenvalue weighted by molar-refractivity contribution is 8.13. The number of hydrogen-bond donors (Lipinski definition) is 2. The standard InChI is InChI=1S/C16H12F3NO4S/c17-16(18,19)24-11-7-5-10(6-8-11)9-25-15(23)20-13-4-2-1-3-12(13)14(21)22/h1-8H,9H2,(H,20,23)(H,21,22). The van der Waals surface area contributed by atoms with Gasteiger partial charge in [-0.2, -0.15) is 0 Å². The molecule has 9 heteroatoms. The van der Waals surface area contributed by atoms with E-state index in [9.17, 15) is 22.8 Å². The Morgan fingerprint density at radius 3 is 2.32 bits per heavy atom. The summed E-state index contributed by atoms with van der Waals surface area (Å²) in [5.74, 6) is -1.31. The Morgan fingerprint density at radius 2 is 1.72 bits per heavy atom. The normalized spacial score (nSPS) is 11.0. The number of alkyl halides is 3. The largest absolute Gasteiger partial charge is 0.573 e. The first kappa shape index (κ1) is 18.7. The summed E-state index contributed by atoms with van der Waals surface area (Å²) in [5.41, 5.74) is 0.743. The first-order valence-corrected chi connectivity index (χ1v) is 7.84. The van der Waals surface area contributed by atoms with Crippen LogP contribution in [0.25, 0.3) is 0 Å². The van der Waals surface area contributed by atoms with Gasteiger partial charge >= 0.3 is 12.3 Å². The number of benzene rings is 2. The van der Waals surface area contributed by atoms with Crippen molar-refractivity contribution in [2.75, 3.05) is 5.32 Å². The van der Waals surface area contributed by atoms with Crippen LogP contribution in [-0.4, -0.2) is 22.7 Å². The number of carbonyl (C=O) groups excluding carboxylic acids is 1. The smallest absolute Gasteiger partial charge is 0.478 e. The molecule has 2 rings (SSSR count). The second-order valence-electron chi connectivity index (χ2n) is 4.74. The lowest BCUT2D eigenvalue weighted by Crippen LogP contribution is -2.17. The molecule has 0 aliphatic rings. The average Bonchev–Trinajstić information content (AvgIpc) is 2.53. The highest BCUT2D eigenvalue weighted by atomic mass is 32.2. The molecule has 0 aliphatic heterocycles. The van der Waals surface area contributed by atoms with Gasteiger partial charge < -0.3 is 15.2 Å². The van der Waals surface area contributed by atoms with E-state index in [2.05, 4.69) is 10.1 Å². The van der Waals surface area contributed by atoms with Gasteiger partial charge in [-0.05, 0) is 29.8 Å². The third kappa shape index (κ3) is 6.03. The summed E-state index contributed by atoms with van der Waals surface area (Å²) in [5, 5.41) is 11.0. The molecule has 0 heterocycles. The van der Waals surface area contributed by atoms with Crippen LogP contribution in [0.1, 0.15) is 15.9 Å². The molecule has 0 fully saturated rings. The summed E-state index contributed by atoms with van der Waals surface area (Å²) in [7, 11) is 0. The summed E-state index contributed by atoms with van der Waals surface area (Å²) in [4.78, 5) is 23.0. The summed E-state index contributed by atoms with van der Waals surface area (Å²) < 4.78 is 40.0. The number of carboxylic acid groups (broad SMARTS) is 1. The minimum absolute atomic E-state index is 0.0369. The Morgan fingerprint density at radius 1 is 1.08 bits per heavy atom. The summed E-state index contributed by atoms with van der Waals surface area (Å²) in [6, 6.07) is 11.1. The van der Waals surface area contributed by atoms with E-state index in [1.807, 2.05) is 0 Å². The Bertz CT molecular complexity index is 763. The number of rotatable bonds is 5. The molecule has 0 unspecified atom stereocenters. The summed E-state index contributed by atoms with van der Waals surface area (Å²) in [6.45, 7) is 0. The Balaban J connectivity index is 1.91. The first-order valence-electron chi connectivity index (χ1n) is 6.85. The van der Waals surface area contributed by atoms with E-state index in [1.165, 1.54) is 30.3 Å². The molecule has 25 heavy (non-hydrogen) atoms. The molecule has 2 N–H and O–H groups in total. The van der Waals surface area contributed by atoms with Gasteiger partial charge in [-0.3, -0.25) is 4.79 Å². The fraction of sp³-hybridized carbons (Fsp3) is 0.125. The van der Waals surface area contributed by atoms with Crippen molar-refractivity contribution in [2.24, 2.45) is 0 Å². The molecule has 0 atom stereocenters. The predicted octanol–water partition coefficient (Wildman–Crippen LogP) is 4.75. The van der Waals surface area contributed by atoms with Crippen LogP contribution in [-0.2, 0) is 5.75 Å². The number of ether oxygens (including phenoxy) is 1. The van der Waals surface area contributed by atoms with Gasteiger partial charge in [0.2, 0.25) is 0 Å². The van der Waals surface area contributed by atoms with Crippen LogP contribution < -0.4 is 10.1 Å². The highest BCUT2D eigenvalue weighted by Gasteiger charge is 2.30. The van der Waals surface area contributed by atoms with Gasteiger partial charge in [-0.15, -0.1) is 13.2 Å². The molecular formula is C16H12F3NO4S. The molecule has 132 valence electrons. The molecule has 2 aromatic rings. The minimum atomic E-state index is -4.76. The Hall–Kier alpha value is -2.68. The minimum Gasteiger partial charge on any atom is -0.478 e. The van der Waals surface area contributed by atoms with Crippen LogP contribution in [0.4, 0.5) is 23.7 Å². The van der Waals surface area contributed by atoms with Gasteiger partial charge in [0.1, 0.15) is 5.75 Å². The summed E-state index contributed by atoms with van der Waals surface area (Å²) in [6.07, 6.45) is -4.76. The summed E-state index contributed by atoms with van der Waals surface area (Å²) >= 11 is 0.858. The van der Waals surface area contributed by atoms with Gasteiger partial charge in [0, 0.05) is 5.75 Å². The molecule has 1 amide bonds. The number of hydrogen-bond acceptors (Lipinski definition) is 4. The van der Waals surface area contributed by atoms with Crippen molar-refractivity contribution in [2.45, 2.75) is 12.1 Å². The molecule has 0 radical (unpaired) electrons. The van der Waals surface area contributed by atoms with Crippen molar-refractivity contribution in [1.82, 2.24) is 0 Å². The van der Waals surface area contributed by atoms with Crippen molar-refractivity contribution < 1.29 is 32.6 Å². The lowest BCUT2D eigenvalue weighted by molar-refractivity contribution is -0.274. The molecule has 2 aromatic carbocycles. The fourth-order valence-corrected chi connectivity index (χ4v) is 2.53. The number of halogens is 3. The van der Waals surface area contributed by atoms with Gasteiger partial charge in [0.15, 0.2) is 0 Å². The first-order chi connectivity index (χ1) is 11.7.